The first-order valence-corrected chi connectivity index (χ1v) is 7.26. The summed E-state index contributed by atoms with van der Waals surface area (Å²) in [7, 11) is 3.34. The second kappa shape index (κ2) is 7.99. The van der Waals surface area contributed by atoms with E-state index in [2.05, 4.69) is 28.7 Å². The lowest BCUT2D eigenvalue weighted by Crippen LogP contribution is -1.89. The number of anilines is 1. The minimum atomic E-state index is 0.776. The zero-order valence-electron chi connectivity index (χ0n) is 12.2. The first-order valence-electron chi connectivity index (χ1n) is 6.18. The molecule has 4 heteroatoms. The van der Waals surface area contributed by atoms with Gasteiger partial charge in [0, 0.05) is 9.26 Å². The van der Waals surface area contributed by atoms with Crippen LogP contribution in [-0.2, 0) is 0 Å². The van der Waals surface area contributed by atoms with Crippen molar-refractivity contribution in [2.24, 2.45) is 0 Å². The molecule has 0 spiro atoms. The largest absolute Gasteiger partial charge is 0.496 e. The van der Waals surface area contributed by atoms with E-state index in [1.54, 1.807) is 14.2 Å². The lowest BCUT2D eigenvalue weighted by atomic mass is 10.2. The molecule has 3 nitrogen and oxygen atoms in total. The van der Waals surface area contributed by atoms with Crippen molar-refractivity contribution in [3.8, 4) is 11.5 Å². The number of aryl methyl sites for hydroxylation is 2. The molecule has 0 aliphatic carbocycles. The van der Waals surface area contributed by atoms with Crippen LogP contribution in [0.3, 0.4) is 0 Å². The molecule has 0 bridgehead atoms. The van der Waals surface area contributed by atoms with E-state index < -0.39 is 0 Å². The predicted octanol–water partition coefficient (Wildman–Crippen LogP) is 4.19. The summed E-state index contributed by atoms with van der Waals surface area (Å²) in [5.74, 6) is 1.84. The van der Waals surface area contributed by atoms with Crippen molar-refractivity contribution in [2.75, 3.05) is 20.0 Å². The zero-order valence-corrected chi connectivity index (χ0v) is 14.4. The standard InChI is InChI=1S/C8H9IO.C8H11NO/c2*1-6-5-7(9)3-4-8(6)10-2/h3-5H,1-2H3;3-5H,9H2,1-2H3. The minimum absolute atomic E-state index is 0.776. The van der Waals surface area contributed by atoms with Crippen LogP contribution in [0.5, 0.6) is 11.5 Å². The normalized spacial score (nSPS) is 9.45. The molecule has 0 aliphatic rings. The highest BCUT2D eigenvalue weighted by Crippen LogP contribution is 2.19. The first kappa shape index (κ1) is 16.6. The maximum atomic E-state index is 5.53. The maximum Gasteiger partial charge on any atom is 0.121 e. The van der Waals surface area contributed by atoms with Gasteiger partial charge in [-0.25, -0.2) is 0 Å². The van der Waals surface area contributed by atoms with Gasteiger partial charge < -0.3 is 15.2 Å². The average molecular weight is 385 g/mol. The number of benzene rings is 2. The lowest BCUT2D eigenvalue weighted by Gasteiger charge is -2.03. The predicted molar refractivity (Wildman–Crippen MR) is 92.6 cm³/mol. The fourth-order valence-corrected chi connectivity index (χ4v) is 2.39. The topological polar surface area (TPSA) is 44.5 Å². The molecule has 0 aromatic heterocycles. The van der Waals surface area contributed by atoms with E-state index >= 15 is 0 Å². The summed E-state index contributed by atoms with van der Waals surface area (Å²) in [4.78, 5) is 0. The molecule has 2 N–H and O–H groups in total. The summed E-state index contributed by atoms with van der Waals surface area (Å²) in [6.07, 6.45) is 0. The molecule has 0 saturated carbocycles. The number of hydrogen-bond acceptors (Lipinski definition) is 3. The van der Waals surface area contributed by atoms with E-state index in [-0.39, 0.29) is 0 Å². The van der Waals surface area contributed by atoms with Gasteiger partial charge in [0.2, 0.25) is 0 Å². The molecule has 0 unspecified atom stereocenters. The molecule has 0 aliphatic heterocycles. The van der Waals surface area contributed by atoms with Crippen molar-refractivity contribution in [2.45, 2.75) is 13.8 Å². The minimum Gasteiger partial charge on any atom is -0.496 e. The van der Waals surface area contributed by atoms with E-state index in [0.717, 1.165) is 22.7 Å². The Morgan fingerprint density at radius 1 is 0.850 bits per heavy atom. The summed E-state index contributed by atoms with van der Waals surface area (Å²) >= 11 is 2.28. The SMILES string of the molecule is COc1ccc(I)cc1C.COc1ccc(N)cc1C. The molecule has 0 atom stereocenters. The van der Waals surface area contributed by atoms with Crippen LogP contribution in [0, 0.1) is 17.4 Å². The summed E-state index contributed by atoms with van der Waals surface area (Å²) < 4.78 is 11.4. The van der Waals surface area contributed by atoms with Gasteiger partial charge in [0.1, 0.15) is 11.5 Å². The highest BCUT2D eigenvalue weighted by molar-refractivity contribution is 14.1. The Morgan fingerprint density at radius 3 is 1.80 bits per heavy atom. The molecule has 0 fully saturated rings. The summed E-state index contributed by atoms with van der Waals surface area (Å²) in [6.45, 7) is 4.01. The summed E-state index contributed by atoms with van der Waals surface area (Å²) in [6, 6.07) is 11.7. The van der Waals surface area contributed by atoms with Gasteiger partial charge in [-0.3, -0.25) is 0 Å². The van der Waals surface area contributed by atoms with Gasteiger partial charge in [-0.1, -0.05) is 0 Å². The molecule has 0 saturated heterocycles. The van der Waals surface area contributed by atoms with Gasteiger partial charge in [0.25, 0.3) is 0 Å². The van der Waals surface area contributed by atoms with Crippen LogP contribution in [0.4, 0.5) is 5.69 Å². The molecule has 0 heterocycles. The van der Waals surface area contributed by atoms with Crippen molar-refractivity contribution in [3.63, 3.8) is 0 Å². The number of hydrogen-bond donors (Lipinski definition) is 1. The Labute approximate surface area is 134 Å². The molecule has 0 radical (unpaired) electrons. The van der Waals surface area contributed by atoms with Crippen molar-refractivity contribution in [3.05, 3.63) is 51.1 Å². The average Bonchev–Trinajstić information content (AvgIpc) is 2.40. The molecular formula is C16H20INO2. The molecular weight excluding hydrogens is 365 g/mol. The van der Waals surface area contributed by atoms with Gasteiger partial charge in [-0.2, -0.15) is 0 Å². The Bertz CT molecular complexity index is 519. The highest BCUT2D eigenvalue weighted by atomic mass is 127. The highest BCUT2D eigenvalue weighted by Gasteiger charge is 1.96. The molecule has 20 heavy (non-hydrogen) atoms. The third kappa shape index (κ3) is 4.92. The van der Waals surface area contributed by atoms with Gasteiger partial charge in [0.15, 0.2) is 0 Å². The van der Waals surface area contributed by atoms with Crippen molar-refractivity contribution < 1.29 is 9.47 Å². The number of halogens is 1. The summed E-state index contributed by atoms with van der Waals surface area (Å²) in [5, 5.41) is 0. The Balaban J connectivity index is 0.000000200. The van der Waals surface area contributed by atoms with E-state index in [4.69, 9.17) is 15.2 Å². The number of nitrogen functional groups attached to an aromatic ring is 1. The van der Waals surface area contributed by atoms with E-state index in [1.807, 2.05) is 44.2 Å². The third-order valence-electron chi connectivity index (χ3n) is 2.78. The van der Waals surface area contributed by atoms with Crippen molar-refractivity contribution >= 4 is 28.3 Å². The van der Waals surface area contributed by atoms with Gasteiger partial charge in [0.05, 0.1) is 14.2 Å². The molecule has 0 amide bonds. The molecule has 2 aromatic rings. The first-order chi connectivity index (χ1) is 9.47. The monoisotopic (exact) mass is 385 g/mol. The van der Waals surface area contributed by atoms with Crippen LogP contribution in [0.15, 0.2) is 36.4 Å². The van der Waals surface area contributed by atoms with Gasteiger partial charge in [-0.15, -0.1) is 0 Å². The zero-order chi connectivity index (χ0) is 15.1. The van der Waals surface area contributed by atoms with Crippen LogP contribution in [0.25, 0.3) is 0 Å². The number of methoxy groups -OCH3 is 2. The third-order valence-corrected chi connectivity index (χ3v) is 3.45. The van der Waals surface area contributed by atoms with E-state index in [1.165, 1.54) is 9.13 Å². The van der Waals surface area contributed by atoms with Crippen molar-refractivity contribution in [1.29, 1.82) is 0 Å². The number of nitrogens with two attached hydrogens (primary N) is 1. The lowest BCUT2D eigenvalue weighted by molar-refractivity contribution is 0.411. The molecule has 108 valence electrons. The summed E-state index contributed by atoms with van der Waals surface area (Å²) in [5.41, 5.74) is 8.56. The van der Waals surface area contributed by atoms with E-state index in [0.29, 0.717) is 0 Å². The fraction of sp³-hybridized carbons (Fsp3) is 0.250. The number of rotatable bonds is 2. The van der Waals surface area contributed by atoms with Gasteiger partial charge in [-0.05, 0) is 84.0 Å². The Kier molecular flexibility index (Phi) is 6.64. The second-order valence-electron chi connectivity index (χ2n) is 4.34. The quantitative estimate of drug-likeness (QED) is 0.623. The smallest absolute Gasteiger partial charge is 0.121 e. The van der Waals surface area contributed by atoms with Crippen LogP contribution in [0.2, 0.25) is 0 Å². The van der Waals surface area contributed by atoms with Crippen LogP contribution in [-0.4, -0.2) is 14.2 Å². The Morgan fingerprint density at radius 2 is 1.35 bits per heavy atom. The van der Waals surface area contributed by atoms with Crippen molar-refractivity contribution in [1.82, 2.24) is 0 Å². The molecule has 2 rings (SSSR count). The van der Waals surface area contributed by atoms with Crippen LogP contribution >= 0.6 is 22.6 Å². The van der Waals surface area contributed by atoms with Crippen LogP contribution < -0.4 is 15.2 Å². The second-order valence-corrected chi connectivity index (χ2v) is 5.59. The Hall–Kier alpha value is -1.43. The van der Waals surface area contributed by atoms with Crippen LogP contribution in [0.1, 0.15) is 11.1 Å². The maximum absolute atomic E-state index is 5.53. The van der Waals surface area contributed by atoms with Gasteiger partial charge >= 0.3 is 0 Å². The van der Waals surface area contributed by atoms with E-state index in [9.17, 15) is 0 Å². The fourth-order valence-electron chi connectivity index (χ4n) is 1.74. The molecule has 2 aromatic carbocycles. The number of ether oxygens (including phenoxy) is 2.